The van der Waals surface area contributed by atoms with E-state index in [1.165, 1.54) is 0 Å². The lowest BCUT2D eigenvalue weighted by Crippen LogP contribution is -2.40. The SMILES string of the molecule is COc1cccc(CN(C(=O)NCc2cccc(C(=O)N(C)C)c2)C2CC2)c1. The number of urea groups is 1. The molecular weight excluding hydrogens is 354 g/mol. The third-order valence-electron chi connectivity index (χ3n) is 4.76. The molecule has 1 aliphatic rings. The Balaban J connectivity index is 1.63. The predicted molar refractivity (Wildman–Crippen MR) is 108 cm³/mol. The molecule has 28 heavy (non-hydrogen) atoms. The average Bonchev–Trinajstić information content (AvgIpc) is 3.55. The molecule has 3 amide bonds. The van der Waals surface area contributed by atoms with Crippen LogP contribution in [-0.2, 0) is 13.1 Å². The molecule has 0 atom stereocenters. The normalized spacial score (nSPS) is 13.0. The smallest absolute Gasteiger partial charge is 0.318 e. The monoisotopic (exact) mass is 381 g/mol. The van der Waals surface area contributed by atoms with E-state index in [9.17, 15) is 9.59 Å². The van der Waals surface area contributed by atoms with E-state index in [4.69, 9.17) is 4.74 Å². The van der Waals surface area contributed by atoms with Gasteiger partial charge < -0.3 is 19.9 Å². The lowest BCUT2D eigenvalue weighted by Gasteiger charge is -2.23. The van der Waals surface area contributed by atoms with Crippen molar-refractivity contribution in [3.05, 3.63) is 65.2 Å². The fourth-order valence-corrected chi connectivity index (χ4v) is 3.07. The van der Waals surface area contributed by atoms with Gasteiger partial charge in [-0.15, -0.1) is 0 Å². The van der Waals surface area contributed by atoms with Crippen LogP contribution in [-0.4, -0.2) is 49.0 Å². The van der Waals surface area contributed by atoms with Crippen molar-refractivity contribution in [2.45, 2.75) is 32.0 Å². The van der Waals surface area contributed by atoms with Gasteiger partial charge in [-0.1, -0.05) is 24.3 Å². The molecule has 1 N–H and O–H groups in total. The summed E-state index contributed by atoms with van der Waals surface area (Å²) in [6, 6.07) is 15.3. The van der Waals surface area contributed by atoms with Crippen molar-refractivity contribution >= 4 is 11.9 Å². The molecule has 1 aliphatic carbocycles. The minimum Gasteiger partial charge on any atom is -0.497 e. The summed E-state index contributed by atoms with van der Waals surface area (Å²) >= 11 is 0. The quantitative estimate of drug-likeness (QED) is 0.801. The van der Waals surface area contributed by atoms with Crippen LogP contribution in [0.2, 0.25) is 0 Å². The van der Waals surface area contributed by atoms with E-state index >= 15 is 0 Å². The van der Waals surface area contributed by atoms with Crippen molar-refractivity contribution in [2.75, 3.05) is 21.2 Å². The van der Waals surface area contributed by atoms with Crippen LogP contribution in [0.4, 0.5) is 4.79 Å². The van der Waals surface area contributed by atoms with E-state index in [-0.39, 0.29) is 18.0 Å². The number of benzene rings is 2. The van der Waals surface area contributed by atoms with Gasteiger partial charge in [-0.3, -0.25) is 4.79 Å². The van der Waals surface area contributed by atoms with Crippen LogP contribution >= 0.6 is 0 Å². The molecule has 6 heteroatoms. The van der Waals surface area contributed by atoms with Gasteiger partial charge in [0.25, 0.3) is 5.91 Å². The summed E-state index contributed by atoms with van der Waals surface area (Å²) in [5.74, 6) is 0.738. The molecule has 2 aromatic rings. The molecule has 0 radical (unpaired) electrons. The Morgan fingerprint density at radius 1 is 1.07 bits per heavy atom. The molecular formula is C22H27N3O3. The fourth-order valence-electron chi connectivity index (χ4n) is 3.07. The van der Waals surface area contributed by atoms with Crippen molar-refractivity contribution in [2.24, 2.45) is 0 Å². The highest BCUT2D eigenvalue weighted by molar-refractivity contribution is 5.94. The Labute approximate surface area is 166 Å². The molecule has 0 aromatic heterocycles. The molecule has 0 spiro atoms. The van der Waals surface area contributed by atoms with E-state index in [0.29, 0.717) is 18.7 Å². The Morgan fingerprint density at radius 3 is 2.46 bits per heavy atom. The number of ether oxygens (including phenoxy) is 1. The summed E-state index contributed by atoms with van der Waals surface area (Å²) in [6.07, 6.45) is 2.06. The third kappa shape index (κ3) is 5.03. The number of carbonyl (C=O) groups excluding carboxylic acids is 2. The minimum absolute atomic E-state index is 0.0502. The Morgan fingerprint density at radius 2 is 1.79 bits per heavy atom. The first-order valence-electron chi connectivity index (χ1n) is 9.46. The second-order valence-electron chi connectivity index (χ2n) is 7.27. The average molecular weight is 381 g/mol. The van der Waals surface area contributed by atoms with Crippen LogP contribution in [0.1, 0.15) is 34.3 Å². The lowest BCUT2D eigenvalue weighted by atomic mass is 10.1. The van der Waals surface area contributed by atoms with Crippen molar-refractivity contribution in [3.8, 4) is 5.75 Å². The molecule has 0 unspecified atom stereocenters. The highest BCUT2D eigenvalue weighted by Crippen LogP contribution is 2.29. The van der Waals surface area contributed by atoms with Gasteiger partial charge in [-0.05, 0) is 48.2 Å². The Bertz CT molecular complexity index is 846. The van der Waals surface area contributed by atoms with Crippen LogP contribution in [0.25, 0.3) is 0 Å². The van der Waals surface area contributed by atoms with Crippen molar-refractivity contribution in [1.82, 2.24) is 15.1 Å². The number of methoxy groups -OCH3 is 1. The van der Waals surface area contributed by atoms with Gasteiger partial charge in [0.2, 0.25) is 0 Å². The van der Waals surface area contributed by atoms with Gasteiger partial charge in [-0.2, -0.15) is 0 Å². The standard InChI is InChI=1S/C22H27N3O3/c1-24(2)21(26)18-8-4-6-16(12-18)14-23-22(27)25(19-10-11-19)15-17-7-5-9-20(13-17)28-3/h4-9,12-13,19H,10-11,14-15H2,1-3H3,(H,23,27). The molecule has 148 valence electrons. The molecule has 0 heterocycles. The molecule has 0 saturated heterocycles. The summed E-state index contributed by atoms with van der Waals surface area (Å²) < 4.78 is 5.28. The molecule has 2 aromatic carbocycles. The molecule has 6 nitrogen and oxygen atoms in total. The topological polar surface area (TPSA) is 61.9 Å². The highest BCUT2D eigenvalue weighted by Gasteiger charge is 2.32. The van der Waals surface area contributed by atoms with Gasteiger partial charge in [-0.25, -0.2) is 4.79 Å². The molecule has 1 fully saturated rings. The first-order chi connectivity index (χ1) is 13.5. The number of carbonyl (C=O) groups is 2. The zero-order valence-electron chi connectivity index (χ0n) is 16.6. The number of amides is 3. The van der Waals surface area contributed by atoms with Gasteiger partial charge in [0.05, 0.1) is 7.11 Å². The van der Waals surface area contributed by atoms with Crippen LogP contribution < -0.4 is 10.1 Å². The van der Waals surface area contributed by atoms with Gasteiger partial charge >= 0.3 is 6.03 Å². The first-order valence-corrected chi connectivity index (χ1v) is 9.46. The van der Waals surface area contributed by atoms with E-state index < -0.39 is 0 Å². The van der Waals surface area contributed by atoms with Crippen molar-refractivity contribution in [3.63, 3.8) is 0 Å². The minimum atomic E-state index is -0.0883. The van der Waals surface area contributed by atoms with E-state index in [1.54, 1.807) is 32.2 Å². The Kier molecular flexibility index (Phi) is 6.19. The maximum atomic E-state index is 12.8. The van der Waals surface area contributed by atoms with E-state index in [0.717, 1.165) is 29.7 Å². The maximum Gasteiger partial charge on any atom is 0.318 e. The van der Waals surface area contributed by atoms with Crippen LogP contribution in [0.15, 0.2) is 48.5 Å². The van der Waals surface area contributed by atoms with E-state index in [2.05, 4.69) is 5.32 Å². The summed E-state index contributed by atoms with van der Waals surface area (Å²) in [6.45, 7) is 0.932. The number of nitrogens with zero attached hydrogens (tertiary/aromatic N) is 2. The van der Waals surface area contributed by atoms with Crippen LogP contribution in [0.3, 0.4) is 0 Å². The zero-order valence-corrected chi connectivity index (χ0v) is 16.6. The highest BCUT2D eigenvalue weighted by atomic mass is 16.5. The molecule has 0 aliphatic heterocycles. The van der Waals surface area contributed by atoms with Gasteiger partial charge in [0, 0.05) is 38.8 Å². The number of hydrogen-bond donors (Lipinski definition) is 1. The summed E-state index contributed by atoms with van der Waals surface area (Å²) in [7, 11) is 5.09. The second-order valence-corrected chi connectivity index (χ2v) is 7.27. The fraction of sp³-hybridized carbons (Fsp3) is 0.364. The number of hydrogen-bond acceptors (Lipinski definition) is 3. The first kappa shape index (κ1) is 19.7. The number of rotatable bonds is 7. The van der Waals surface area contributed by atoms with Crippen molar-refractivity contribution < 1.29 is 14.3 Å². The summed E-state index contributed by atoms with van der Waals surface area (Å²) in [5.41, 5.74) is 2.56. The van der Waals surface area contributed by atoms with Crippen LogP contribution in [0.5, 0.6) is 5.75 Å². The second kappa shape index (κ2) is 8.78. The molecule has 1 saturated carbocycles. The van der Waals surface area contributed by atoms with E-state index in [1.807, 2.05) is 47.4 Å². The maximum absolute atomic E-state index is 12.8. The molecule has 3 rings (SSSR count). The lowest BCUT2D eigenvalue weighted by molar-refractivity contribution is 0.0827. The summed E-state index contributed by atoms with van der Waals surface area (Å²) in [4.78, 5) is 28.3. The Hall–Kier alpha value is -3.02. The zero-order chi connectivity index (χ0) is 20.1. The largest absolute Gasteiger partial charge is 0.497 e. The van der Waals surface area contributed by atoms with Gasteiger partial charge in [0.15, 0.2) is 0 Å². The number of nitrogens with one attached hydrogen (secondary N) is 1. The van der Waals surface area contributed by atoms with Gasteiger partial charge in [0.1, 0.15) is 5.75 Å². The third-order valence-corrected chi connectivity index (χ3v) is 4.76. The summed E-state index contributed by atoms with van der Waals surface area (Å²) in [5, 5.41) is 3.00. The predicted octanol–water partition coefficient (Wildman–Crippen LogP) is 3.27. The van der Waals surface area contributed by atoms with Crippen LogP contribution in [0, 0.1) is 0 Å². The van der Waals surface area contributed by atoms with Crippen molar-refractivity contribution in [1.29, 1.82) is 0 Å². The molecule has 0 bridgehead atoms.